The molecule has 1 aliphatic carbocycles. The van der Waals surface area contributed by atoms with E-state index in [0.717, 1.165) is 0 Å². The highest BCUT2D eigenvalue weighted by molar-refractivity contribution is 5.77. The molecule has 1 rings (SSSR count). The SMILES string of the molecule is COCC(O)CC1(C(=O)O)CC1. The average Bonchev–Trinajstić information content (AvgIpc) is 2.69. The first-order valence-electron chi connectivity index (χ1n) is 4.01. The van der Waals surface area contributed by atoms with Crippen LogP contribution in [0.25, 0.3) is 0 Å². The summed E-state index contributed by atoms with van der Waals surface area (Å²) in [5.74, 6) is -0.794. The fraction of sp³-hybridized carbons (Fsp3) is 0.875. The fourth-order valence-electron chi connectivity index (χ4n) is 1.36. The Morgan fingerprint density at radius 3 is 2.58 bits per heavy atom. The predicted molar refractivity (Wildman–Crippen MR) is 41.8 cm³/mol. The van der Waals surface area contributed by atoms with Crippen LogP contribution >= 0.6 is 0 Å². The smallest absolute Gasteiger partial charge is 0.309 e. The van der Waals surface area contributed by atoms with Gasteiger partial charge in [0.1, 0.15) is 0 Å². The van der Waals surface area contributed by atoms with Crippen molar-refractivity contribution in [3.05, 3.63) is 0 Å². The highest BCUT2D eigenvalue weighted by Gasteiger charge is 2.51. The normalized spacial score (nSPS) is 21.8. The van der Waals surface area contributed by atoms with Gasteiger partial charge in [-0.2, -0.15) is 0 Å². The summed E-state index contributed by atoms with van der Waals surface area (Å²) in [5.41, 5.74) is -0.641. The molecule has 0 spiro atoms. The standard InChI is InChI=1S/C8H14O4/c1-12-5-6(9)4-8(2-3-8)7(10)11/h6,9H,2-5H2,1H3,(H,10,11). The quantitative estimate of drug-likeness (QED) is 0.627. The Labute approximate surface area is 71.2 Å². The summed E-state index contributed by atoms with van der Waals surface area (Å²) in [6.07, 6.45) is 1.04. The van der Waals surface area contributed by atoms with E-state index in [1.54, 1.807) is 0 Å². The van der Waals surface area contributed by atoms with Crippen molar-refractivity contribution < 1.29 is 19.7 Å². The molecule has 0 amide bonds. The number of aliphatic carboxylic acids is 1. The van der Waals surface area contributed by atoms with E-state index < -0.39 is 17.5 Å². The molecule has 12 heavy (non-hydrogen) atoms. The number of rotatable bonds is 5. The number of carboxylic acids is 1. The zero-order valence-corrected chi connectivity index (χ0v) is 7.12. The maximum Gasteiger partial charge on any atom is 0.309 e. The summed E-state index contributed by atoms with van der Waals surface area (Å²) in [4.78, 5) is 10.7. The van der Waals surface area contributed by atoms with Crippen LogP contribution in [0.3, 0.4) is 0 Å². The van der Waals surface area contributed by atoms with Crippen LogP contribution in [0, 0.1) is 5.41 Å². The van der Waals surface area contributed by atoms with Gasteiger partial charge in [-0.15, -0.1) is 0 Å². The molecule has 4 nitrogen and oxygen atoms in total. The summed E-state index contributed by atoms with van der Waals surface area (Å²) < 4.78 is 4.71. The molecule has 1 fully saturated rings. The van der Waals surface area contributed by atoms with Gasteiger partial charge in [-0.3, -0.25) is 4.79 Å². The minimum Gasteiger partial charge on any atom is -0.481 e. The summed E-state index contributed by atoms with van der Waals surface area (Å²) in [7, 11) is 1.49. The highest BCUT2D eigenvalue weighted by Crippen LogP contribution is 2.49. The topological polar surface area (TPSA) is 66.8 Å². The Morgan fingerprint density at radius 2 is 2.25 bits per heavy atom. The molecule has 0 aliphatic heterocycles. The third-order valence-electron chi connectivity index (χ3n) is 2.29. The lowest BCUT2D eigenvalue weighted by Crippen LogP contribution is -2.24. The van der Waals surface area contributed by atoms with Crippen molar-refractivity contribution in [1.29, 1.82) is 0 Å². The maximum absolute atomic E-state index is 10.7. The Kier molecular flexibility index (Phi) is 2.69. The Morgan fingerprint density at radius 1 is 1.67 bits per heavy atom. The zero-order chi connectivity index (χ0) is 9.19. The summed E-state index contributed by atoms with van der Waals surface area (Å²) in [6.45, 7) is 0.217. The van der Waals surface area contributed by atoms with Gasteiger partial charge in [0.15, 0.2) is 0 Å². The van der Waals surface area contributed by atoms with Crippen LogP contribution in [0.1, 0.15) is 19.3 Å². The molecule has 0 radical (unpaired) electrons. The van der Waals surface area contributed by atoms with Gasteiger partial charge in [0.25, 0.3) is 0 Å². The monoisotopic (exact) mass is 174 g/mol. The lowest BCUT2D eigenvalue weighted by Gasteiger charge is -2.14. The first-order valence-corrected chi connectivity index (χ1v) is 4.01. The van der Waals surface area contributed by atoms with E-state index in [0.29, 0.717) is 19.3 Å². The van der Waals surface area contributed by atoms with Crippen LogP contribution in [0.2, 0.25) is 0 Å². The second-order valence-corrected chi connectivity index (χ2v) is 3.40. The number of methoxy groups -OCH3 is 1. The van der Waals surface area contributed by atoms with E-state index in [-0.39, 0.29) is 6.61 Å². The van der Waals surface area contributed by atoms with Crippen LogP contribution in [0.15, 0.2) is 0 Å². The summed E-state index contributed by atoms with van der Waals surface area (Å²) >= 11 is 0. The van der Waals surface area contributed by atoms with E-state index in [1.165, 1.54) is 7.11 Å². The first-order chi connectivity index (χ1) is 5.60. The fourth-order valence-corrected chi connectivity index (χ4v) is 1.36. The minimum absolute atomic E-state index is 0.217. The second-order valence-electron chi connectivity index (χ2n) is 3.40. The van der Waals surface area contributed by atoms with Crippen molar-refractivity contribution in [2.24, 2.45) is 5.41 Å². The number of aliphatic hydroxyl groups excluding tert-OH is 1. The minimum atomic E-state index is -0.794. The predicted octanol–water partition coefficient (Wildman–Crippen LogP) is 0.249. The van der Waals surface area contributed by atoms with Crippen LogP contribution in [0.4, 0.5) is 0 Å². The molecule has 0 bridgehead atoms. The number of hydrogen-bond donors (Lipinski definition) is 2. The zero-order valence-electron chi connectivity index (χ0n) is 7.12. The second kappa shape index (κ2) is 3.41. The molecule has 1 atom stereocenters. The van der Waals surface area contributed by atoms with Gasteiger partial charge < -0.3 is 14.9 Å². The molecule has 0 aromatic carbocycles. The molecule has 70 valence electrons. The Hall–Kier alpha value is -0.610. The molecule has 1 saturated carbocycles. The van der Waals surface area contributed by atoms with Crippen LogP contribution in [-0.2, 0) is 9.53 Å². The van der Waals surface area contributed by atoms with Gasteiger partial charge in [0.2, 0.25) is 0 Å². The number of carboxylic acid groups (broad SMARTS) is 1. The highest BCUT2D eigenvalue weighted by atomic mass is 16.5. The molecular formula is C8H14O4. The maximum atomic E-state index is 10.7. The molecule has 1 aliphatic rings. The van der Waals surface area contributed by atoms with E-state index in [1.807, 2.05) is 0 Å². The van der Waals surface area contributed by atoms with E-state index in [4.69, 9.17) is 9.84 Å². The average molecular weight is 174 g/mol. The molecular weight excluding hydrogens is 160 g/mol. The molecule has 0 saturated heterocycles. The number of ether oxygens (including phenoxy) is 1. The molecule has 0 heterocycles. The van der Waals surface area contributed by atoms with E-state index >= 15 is 0 Å². The van der Waals surface area contributed by atoms with Crippen molar-refractivity contribution in [2.75, 3.05) is 13.7 Å². The van der Waals surface area contributed by atoms with Crippen molar-refractivity contribution in [2.45, 2.75) is 25.4 Å². The van der Waals surface area contributed by atoms with Crippen molar-refractivity contribution >= 4 is 5.97 Å². The molecule has 1 unspecified atom stereocenters. The third-order valence-corrected chi connectivity index (χ3v) is 2.29. The Balaban J connectivity index is 2.35. The van der Waals surface area contributed by atoms with Crippen molar-refractivity contribution in [1.82, 2.24) is 0 Å². The van der Waals surface area contributed by atoms with Gasteiger partial charge in [0, 0.05) is 7.11 Å². The van der Waals surface area contributed by atoms with Crippen LogP contribution < -0.4 is 0 Å². The largest absolute Gasteiger partial charge is 0.481 e. The number of aliphatic hydroxyl groups is 1. The van der Waals surface area contributed by atoms with E-state index in [2.05, 4.69) is 0 Å². The Bertz CT molecular complexity index is 174. The first kappa shape index (κ1) is 9.48. The van der Waals surface area contributed by atoms with Crippen molar-refractivity contribution in [3.63, 3.8) is 0 Å². The van der Waals surface area contributed by atoms with Crippen LogP contribution in [-0.4, -0.2) is 36.0 Å². The summed E-state index contributed by atoms with van der Waals surface area (Å²) in [5, 5.41) is 18.1. The van der Waals surface area contributed by atoms with Gasteiger partial charge in [-0.05, 0) is 19.3 Å². The molecule has 2 N–H and O–H groups in total. The van der Waals surface area contributed by atoms with Crippen molar-refractivity contribution in [3.8, 4) is 0 Å². The molecule has 4 heteroatoms. The van der Waals surface area contributed by atoms with Gasteiger partial charge >= 0.3 is 5.97 Å². The molecule has 0 aromatic rings. The van der Waals surface area contributed by atoms with Gasteiger partial charge in [-0.25, -0.2) is 0 Å². The third kappa shape index (κ3) is 1.95. The lowest BCUT2D eigenvalue weighted by molar-refractivity contribution is -0.145. The lowest BCUT2D eigenvalue weighted by atomic mass is 9.99. The van der Waals surface area contributed by atoms with E-state index in [9.17, 15) is 9.90 Å². The number of carbonyl (C=O) groups is 1. The van der Waals surface area contributed by atoms with Gasteiger partial charge in [0.05, 0.1) is 18.1 Å². The van der Waals surface area contributed by atoms with Crippen LogP contribution in [0.5, 0.6) is 0 Å². The summed E-state index contributed by atoms with van der Waals surface area (Å²) in [6, 6.07) is 0. The number of hydrogen-bond acceptors (Lipinski definition) is 3. The molecule has 0 aromatic heterocycles. The van der Waals surface area contributed by atoms with Gasteiger partial charge in [-0.1, -0.05) is 0 Å².